The number of hydrogen-bond acceptors (Lipinski definition) is 8. The second kappa shape index (κ2) is 13.1. The van der Waals surface area contributed by atoms with Crippen LogP contribution < -0.4 is 10.1 Å². The number of piperidine rings is 1. The Labute approximate surface area is 235 Å². The molecule has 1 aromatic carbocycles. The second-order valence-electron chi connectivity index (χ2n) is 10.7. The summed E-state index contributed by atoms with van der Waals surface area (Å²) < 4.78 is 10.7. The zero-order valence-corrected chi connectivity index (χ0v) is 23.3. The van der Waals surface area contributed by atoms with Crippen molar-refractivity contribution in [1.82, 2.24) is 24.8 Å². The van der Waals surface area contributed by atoms with Gasteiger partial charge in [-0.1, -0.05) is 23.7 Å². The van der Waals surface area contributed by atoms with Crippen molar-refractivity contribution in [3.8, 4) is 5.88 Å². The number of anilines is 1. The summed E-state index contributed by atoms with van der Waals surface area (Å²) in [5.41, 5.74) is 3.21. The van der Waals surface area contributed by atoms with E-state index in [2.05, 4.69) is 32.2 Å². The number of aromatic nitrogens is 2. The van der Waals surface area contributed by atoms with Gasteiger partial charge in [-0.25, -0.2) is 9.78 Å². The van der Waals surface area contributed by atoms with E-state index in [-0.39, 0.29) is 11.8 Å². The van der Waals surface area contributed by atoms with Crippen molar-refractivity contribution in [2.45, 2.75) is 52.1 Å². The topological polar surface area (TPSA) is 104 Å². The zero-order valence-electron chi connectivity index (χ0n) is 23.3. The van der Waals surface area contributed by atoms with Gasteiger partial charge < -0.3 is 19.5 Å². The van der Waals surface area contributed by atoms with E-state index in [1.165, 1.54) is 31.0 Å². The van der Waals surface area contributed by atoms with E-state index in [1.807, 2.05) is 37.3 Å². The van der Waals surface area contributed by atoms with E-state index in [0.717, 1.165) is 50.6 Å². The standard InChI is InChI=1S/C30H38N6O4/c1-22-19-27(40-33-22)12-14-34-15-17-35(18-16-34)30(38)39-28-11-10-26(20-31-28)32-29(37)25-8-6-24(7-9-25)21-36-13-4-3-5-23(36)2/h6-11,19-20,23H,3-5,12-18,21H2,1-2H3,(H,32,37). The highest BCUT2D eigenvalue weighted by atomic mass is 16.6. The number of ether oxygens (including phenoxy) is 1. The number of carbonyl (C=O) groups excluding carboxylic acids is 2. The fourth-order valence-electron chi connectivity index (χ4n) is 5.22. The Balaban J connectivity index is 1.05. The molecule has 5 rings (SSSR count). The molecular weight excluding hydrogens is 508 g/mol. The van der Waals surface area contributed by atoms with Crippen LogP contribution in [0.15, 0.2) is 53.2 Å². The maximum atomic E-state index is 12.7. The molecule has 2 aliphatic heterocycles. The normalized spacial score (nSPS) is 18.4. The monoisotopic (exact) mass is 546 g/mol. The average molecular weight is 547 g/mol. The van der Waals surface area contributed by atoms with Crippen molar-refractivity contribution in [2.24, 2.45) is 0 Å². The smallest absolute Gasteiger partial charge is 0.391 e. The summed E-state index contributed by atoms with van der Waals surface area (Å²) in [5.74, 6) is 0.865. The van der Waals surface area contributed by atoms with E-state index in [0.29, 0.717) is 30.4 Å². The summed E-state index contributed by atoms with van der Waals surface area (Å²) in [6.07, 6.45) is 5.67. The SMILES string of the molecule is Cc1cc(CCN2CCN(C(=O)Oc3ccc(NC(=O)c4ccc(CN5CCCCC5C)cc4)cn3)CC2)on1. The molecule has 10 nitrogen and oxygen atoms in total. The van der Waals surface area contributed by atoms with Gasteiger partial charge in [0, 0.05) is 69.4 Å². The number of rotatable bonds is 8. The summed E-state index contributed by atoms with van der Waals surface area (Å²) in [7, 11) is 0. The second-order valence-corrected chi connectivity index (χ2v) is 10.7. The average Bonchev–Trinajstić information content (AvgIpc) is 3.39. The van der Waals surface area contributed by atoms with Crippen LogP contribution in [0.25, 0.3) is 0 Å². The minimum absolute atomic E-state index is 0.197. The van der Waals surface area contributed by atoms with E-state index >= 15 is 0 Å². The van der Waals surface area contributed by atoms with Gasteiger partial charge in [0.25, 0.3) is 5.91 Å². The Morgan fingerprint density at radius 1 is 1.05 bits per heavy atom. The minimum Gasteiger partial charge on any atom is -0.391 e. The van der Waals surface area contributed by atoms with Gasteiger partial charge in [0.15, 0.2) is 0 Å². The van der Waals surface area contributed by atoms with Gasteiger partial charge in [0.05, 0.1) is 17.6 Å². The first-order valence-electron chi connectivity index (χ1n) is 14.1. The summed E-state index contributed by atoms with van der Waals surface area (Å²) in [4.78, 5) is 36.0. The molecule has 1 unspecified atom stereocenters. The van der Waals surface area contributed by atoms with Crippen molar-refractivity contribution < 1.29 is 18.8 Å². The molecule has 212 valence electrons. The third-order valence-electron chi connectivity index (χ3n) is 7.71. The van der Waals surface area contributed by atoms with Crippen LogP contribution >= 0.6 is 0 Å². The highest BCUT2D eigenvalue weighted by Gasteiger charge is 2.23. The zero-order chi connectivity index (χ0) is 27.9. The van der Waals surface area contributed by atoms with Gasteiger partial charge in [0.2, 0.25) is 5.88 Å². The fraction of sp³-hybridized carbons (Fsp3) is 0.467. The molecule has 2 fully saturated rings. The number of piperazine rings is 1. The highest BCUT2D eigenvalue weighted by molar-refractivity contribution is 6.04. The molecule has 0 bridgehead atoms. The molecule has 1 N–H and O–H groups in total. The van der Waals surface area contributed by atoms with Crippen LogP contribution in [0, 0.1) is 6.92 Å². The van der Waals surface area contributed by atoms with E-state index in [4.69, 9.17) is 9.26 Å². The van der Waals surface area contributed by atoms with Crippen LogP contribution in [0.5, 0.6) is 5.88 Å². The van der Waals surface area contributed by atoms with Crippen LogP contribution in [0.3, 0.4) is 0 Å². The fourth-order valence-corrected chi connectivity index (χ4v) is 5.22. The van der Waals surface area contributed by atoms with Crippen molar-refractivity contribution in [3.63, 3.8) is 0 Å². The molecule has 2 aliphatic rings. The molecule has 0 saturated carbocycles. The first kappa shape index (κ1) is 27.8. The molecular formula is C30H38N6O4. The van der Waals surface area contributed by atoms with Crippen molar-refractivity contribution in [2.75, 3.05) is 44.6 Å². The molecule has 4 heterocycles. The Morgan fingerprint density at radius 2 is 1.85 bits per heavy atom. The van der Waals surface area contributed by atoms with Gasteiger partial charge in [-0.3, -0.25) is 14.6 Å². The maximum absolute atomic E-state index is 12.7. The lowest BCUT2D eigenvalue weighted by Gasteiger charge is -2.33. The Morgan fingerprint density at radius 3 is 2.52 bits per heavy atom. The highest BCUT2D eigenvalue weighted by Crippen LogP contribution is 2.20. The van der Waals surface area contributed by atoms with Crippen LogP contribution in [0.4, 0.5) is 10.5 Å². The third kappa shape index (κ3) is 7.45. The third-order valence-corrected chi connectivity index (χ3v) is 7.71. The molecule has 2 saturated heterocycles. The van der Waals surface area contributed by atoms with Gasteiger partial charge in [-0.05, 0) is 57.0 Å². The number of amides is 2. The number of hydrogen-bond donors (Lipinski definition) is 1. The molecule has 0 aliphatic carbocycles. The summed E-state index contributed by atoms with van der Waals surface area (Å²) >= 11 is 0. The number of nitrogens with zero attached hydrogens (tertiary/aromatic N) is 5. The van der Waals surface area contributed by atoms with Gasteiger partial charge in [0.1, 0.15) is 5.76 Å². The number of nitrogens with one attached hydrogen (secondary N) is 1. The molecule has 0 spiro atoms. The van der Waals surface area contributed by atoms with Crippen LogP contribution in [0.1, 0.15) is 53.6 Å². The van der Waals surface area contributed by atoms with E-state index < -0.39 is 6.09 Å². The summed E-state index contributed by atoms with van der Waals surface area (Å²) in [5, 5.41) is 6.78. The van der Waals surface area contributed by atoms with Crippen molar-refractivity contribution in [3.05, 3.63) is 71.2 Å². The predicted molar refractivity (Wildman–Crippen MR) is 151 cm³/mol. The molecule has 0 radical (unpaired) electrons. The van der Waals surface area contributed by atoms with Crippen molar-refractivity contribution in [1.29, 1.82) is 0 Å². The van der Waals surface area contributed by atoms with Crippen molar-refractivity contribution >= 4 is 17.7 Å². The molecule has 40 heavy (non-hydrogen) atoms. The van der Waals surface area contributed by atoms with Gasteiger partial charge in [-0.15, -0.1) is 0 Å². The number of benzene rings is 1. The van der Waals surface area contributed by atoms with E-state index in [1.54, 1.807) is 17.0 Å². The Kier molecular flexibility index (Phi) is 9.08. The number of aryl methyl sites for hydroxylation is 1. The lowest BCUT2D eigenvalue weighted by molar-refractivity contribution is 0.102. The molecule has 3 aromatic rings. The molecule has 2 amide bonds. The number of carbonyl (C=O) groups is 2. The summed E-state index contributed by atoms with van der Waals surface area (Å²) in [6.45, 7) is 9.78. The quantitative estimate of drug-likeness (QED) is 0.444. The molecule has 10 heteroatoms. The lowest BCUT2D eigenvalue weighted by Crippen LogP contribution is -2.49. The van der Waals surface area contributed by atoms with Crippen LogP contribution in [-0.2, 0) is 13.0 Å². The first-order chi connectivity index (χ1) is 19.4. The largest absolute Gasteiger partial charge is 0.416 e. The Hall–Kier alpha value is -3.76. The molecule has 1 atom stereocenters. The number of likely N-dealkylation sites (tertiary alicyclic amines) is 1. The van der Waals surface area contributed by atoms with E-state index in [9.17, 15) is 9.59 Å². The number of pyridine rings is 1. The first-order valence-corrected chi connectivity index (χ1v) is 14.1. The minimum atomic E-state index is -0.422. The predicted octanol–water partition coefficient (Wildman–Crippen LogP) is 4.36. The Bertz CT molecular complexity index is 1270. The van der Waals surface area contributed by atoms with Gasteiger partial charge >= 0.3 is 6.09 Å². The lowest BCUT2D eigenvalue weighted by atomic mass is 10.0. The summed E-state index contributed by atoms with van der Waals surface area (Å²) in [6, 6.07) is 13.6. The van der Waals surface area contributed by atoms with Crippen LogP contribution in [0.2, 0.25) is 0 Å². The molecule has 2 aromatic heterocycles. The van der Waals surface area contributed by atoms with Crippen LogP contribution in [-0.4, -0.2) is 82.2 Å². The van der Waals surface area contributed by atoms with Gasteiger partial charge in [-0.2, -0.15) is 0 Å². The maximum Gasteiger partial charge on any atom is 0.416 e.